The van der Waals surface area contributed by atoms with Crippen molar-refractivity contribution in [2.24, 2.45) is 5.92 Å². The minimum absolute atomic E-state index is 0.0242. The van der Waals surface area contributed by atoms with Crippen LogP contribution in [-0.4, -0.2) is 35.6 Å². The minimum atomic E-state index is -0.454. The van der Waals surface area contributed by atoms with Crippen LogP contribution in [0.3, 0.4) is 0 Å². The zero-order valence-corrected chi connectivity index (χ0v) is 9.95. The maximum Gasteiger partial charge on any atom is 0.227 e. The zero-order valence-electron chi connectivity index (χ0n) is 9.20. The van der Waals surface area contributed by atoms with Gasteiger partial charge in [0, 0.05) is 36.2 Å². The maximum absolute atomic E-state index is 13.4. The predicted octanol–water partition coefficient (Wildman–Crippen LogP) is 1.47. The quantitative estimate of drug-likeness (QED) is 0.891. The van der Waals surface area contributed by atoms with E-state index in [0.29, 0.717) is 13.1 Å². The number of halogens is 2. The first kappa shape index (κ1) is 12.3. The van der Waals surface area contributed by atoms with E-state index >= 15 is 0 Å². The number of carbonyl (C=O) groups is 1. The second-order valence-corrected chi connectivity index (χ2v) is 4.63. The summed E-state index contributed by atoms with van der Waals surface area (Å²) in [4.78, 5) is 13.4. The Labute approximate surface area is 104 Å². The van der Waals surface area contributed by atoms with E-state index in [9.17, 15) is 9.18 Å². The number of amides is 1. The Bertz CT molecular complexity index is 412. The van der Waals surface area contributed by atoms with E-state index in [4.69, 9.17) is 16.7 Å². The van der Waals surface area contributed by atoms with Gasteiger partial charge in [-0.2, -0.15) is 0 Å². The van der Waals surface area contributed by atoms with E-state index < -0.39 is 5.82 Å². The molecule has 0 unspecified atom stereocenters. The van der Waals surface area contributed by atoms with Gasteiger partial charge in [-0.3, -0.25) is 4.79 Å². The van der Waals surface area contributed by atoms with E-state index in [1.165, 1.54) is 12.1 Å². The fourth-order valence-corrected chi connectivity index (χ4v) is 2.08. The molecule has 1 aromatic rings. The van der Waals surface area contributed by atoms with Gasteiger partial charge in [0.25, 0.3) is 0 Å². The molecule has 1 saturated heterocycles. The molecule has 5 heteroatoms. The Morgan fingerprint density at radius 3 is 2.82 bits per heavy atom. The molecule has 0 aromatic heterocycles. The Balaban J connectivity index is 2.00. The molecule has 1 N–H and O–H groups in total. The smallest absolute Gasteiger partial charge is 0.227 e. The van der Waals surface area contributed by atoms with Crippen LogP contribution in [0.4, 0.5) is 4.39 Å². The second kappa shape index (κ2) is 5.02. The summed E-state index contributed by atoms with van der Waals surface area (Å²) in [5.41, 5.74) is 0.242. The number of benzene rings is 1. The molecule has 92 valence electrons. The molecule has 1 aliphatic rings. The molecule has 3 nitrogen and oxygen atoms in total. The number of rotatable bonds is 3. The summed E-state index contributed by atoms with van der Waals surface area (Å²) in [6.07, 6.45) is -0.0242. The van der Waals surface area contributed by atoms with Crippen molar-refractivity contribution in [1.82, 2.24) is 4.90 Å². The molecule has 0 aliphatic carbocycles. The highest BCUT2D eigenvalue weighted by Gasteiger charge is 2.30. The fourth-order valence-electron chi connectivity index (χ4n) is 1.85. The van der Waals surface area contributed by atoms with Crippen molar-refractivity contribution in [3.05, 3.63) is 34.6 Å². The normalized spacial score (nSPS) is 15.8. The number of hydrogen-bond donors (Lipinski definition) is 1. The lowest BCUT2D eigenvalue weighted by Gasteiger charge is -2.38. The van der Waals surface area contributed by atoms with Crippen LogP contribution in [0.2, 0.25) is 5.02 Å². The lowest BCUT2D eigenvalue weighted by atomic mass is 10.00. The molecular formula is C12H13ClFNO2. The lowest BCUT2D eigenvalue weighted by molar-refractivity contribution is -0.137. The standard InChI is InChI=1S/C12H13ClFNO2/c13-10-2-1-3-11(14)9(10)4-12(17)15-5-8(6-15)7-16/h1-3,8,16H,4-7H2. The van der Waals surface area contributed by atoms with Crippen LogP contribution >= 0.6 is 11.6 Å². The summed E-state index contributed by atoms with van der Waals surface area (Å²) in [5, 5.41) is 9.12. The minimum Gasteiger partial charge on any atom is -0.396 e. The molecule has 0 spiro atoms. The first-order valence-corrected chi connectivity index (χ1v) is 5.81. The van der Waals surface area contributed by atoms with Gasteiger partial charge in [-0.1, -0.05) is 17.7 Å². The number of hydrogen-bond acceptors (Lipinski definition) is 2. The van der Waals surface area contributed by atoms with Crippen molar-refractivity contribution in [1.29, 1.82) is 0 Å². The van der Waals surface area contributed by atoms with Crippen molar-refractivity contribution < 1.29 is 14.3 Å². The van der Waals surface area contributed by atoms with E-state index in [2.05, 4.69) is 0 Å². The van der Waals surface area contributed by atoms with Crippen LogP contribution in [0.5, 0.6) is 0 Å². The first-order chi connectivity index (χ1) is 8.11. The average Bonchev–Trinajstić information content (AvgIpc) is 2.22. The highest BCUT2D eigenvalue weighted by Crippen LogP contribution is 2.22. The van der Waals surface area contributed by atoms with E-state index in [1.54, 1.807) is 11.0 Å². The molecule has 1 aromatic carbocycles. The van der Waals surface area contributed by atoms with Crippen molar-refractivity contribution in [2.45, 2.75) is 6.42 Å². The Hall–Kier alpha value is -1.13. The predicted molar refractivity (Wildman–Crippen MR) is 62.3 cm³/mol. The molecule has 0 bridgehead atoms. The fraction of sp³-hybridized carbons (Fsp3) is 0.417. The van der Waals surface area contributed by atoms with Crippen LogP contribution in [0.15, 0.2) is 18.2 Å². The lowest BCUT2D eigenvalue weighted by Crippen LogP contribution is -2.51. The van der Waals surface area contributed by atoms with Gasteiger partial charge in [0.2, 0.25) is 5.91 Å². The zero-order chi connectivity index (χ0) is 12.4. The first-order valence-electron chi connectivity index (χ1n) is 5.43. The molecule has 1 heterocycles. The number of likely N-dealkylation sites (tertiary alicyclic amines) is 1. The van der Waals surface area contributed by atoms with Gasteiger partial charge in [-0.15, -0.1) is 0 Å². The highest BCUT2D eigenvalue weighted by molar-refractivity contribution is 6.31. The molecule has 0 saturated carbocycles. The van der Waals surface area contributed by atoms with Crippen LogP contribution < -0.4 is 0 Å². The third-order valence-electron chi connectivity index (χ3n) is 2.96. The molecule has 0 radical (unpaired) electrons. The van der Waals surface area contributed by atoms with Crippen molar-refractivity contribution in [3.8, 4) is 0 Å². The summed E-state index contributed by atoms with van der Waals surface area (Å²) in [6.45, 7) is 1.17. The summed E-state index contributed by atoms with van der Waals surface area (Å²) < 4.78 is 13.4. The Morgan fingerprint density at radius 1 is 1.53 bits per heavy atom. The Kier molecular flexibility index (Phi) is 3.64. The average molecular weight is 258 g/mol. The number of aliphatic hydroxyl groups excluding tert-OH is 1. The molecule has 2 rings (SSSR count). The number of nitrogens with zero attached hydrogens (tertiary/aromatic N) is 1. The molecule has 0 atom stereocenters. The van der Waals surface area contributed by atoms with E-state index in [1.807, 2.05) is 0 Å². The van der Waals surface area contributed by atoms with Crippen LogP contribution in [0.1, 0.15) is 5.56 Å². The number of carbonyl (C=O) groups excluding carboxylic acids is 1. The van der Waals surface area contributed by atoms with Crippen LogP contribution in [-0.2, 0) is 11.2 Å². The summed E-state index contributed by atoms with van der Waals surface area (Å²) in [6, 6.07) is 4.37. The Morgan fingerprint density at radius 2 is 2.24 bits per heavy atom. The molecule has 1 amide bonds. The van der Waals surface area contributed by atoms with Gasteiger partial charge in [0.1, 0.15) is 5.82 Å². The van der Waals surface area contributed by atoms with E-state index in [0.717, 1.165) is 0 Å². The van der Waals surface area contributed by atoms with Crippen molar-refractivity contribution in [2.75, 3.05) is 19.7 Å². The van der Waals surface area contributed by atoms with Gasteiger partial charge in [0.05, 0.1) is 6.42 Å². The largest absolute Gasteiger partial charge is 0.396 e. The van der Waals surface area contributed by atoms with Crippen molar-refractivity contribution >= 4 is 17.5 Å². The van der Waals surface area contributed by atoms with E-state index in [-0.39, 0.29) is 35.4 Å². The number of aliphatic hydroxyl groups is 1. The van der Waals surface area contributed by atoms with Gasteiger partial charge >= 0.3 is 0 Å². The highest BCUT2D eigenvalue weighted by atomic mass is 35.5. The molecule has 17 heavy (non-hydrogen) atoms. The summed E-state index contributed by atoms with van der Waals surface area (Å²) in [5.74, 6) is -0.443. The molecular weight excluding hydrogens is 245 g/mol. The second-order valence-electron chi connectivity index (χ2n) is 4.22. The molecule has 1 fully saturated rings. The third kappa shape index (κ3) is 2.58. The maximum atomic E-state index is 13.4. The SMILES string of the molecule is O=C(Cc1c(F)cccc1Cl)N1CC(CO)C1. The molecule has 1 aliphatic heterocycles. The third-order valence-corrected chi connectivity index (χ3v) is 3.31. The van der Waals surface area contributed by atoms with Crippen LogP contribution in [0, 0.1) is 11.7 Å². The van der Waals surface area contributed by atoms with Crippen molar-refractivity contribution in [3.63, 3.8) is 0 Å². The van der Waals surface area contributed by atoms with Gasteiger partial charge in [-0.05, 0) is 12.1 Å². The van der Waals surface area contributed by atoms with Gasteiger partial charge in [-0.25, -0.2) is 4.39 Å². The summed E-state index contributed by atoms with van der Waals surface area (Å²) >= 11 is 5.84. The van der Waals surface area contributed by atoms with Crippen LogP contribution in [0.25, 0.3) is 0 Å². The van der Waals surface area contributed by atoms with Gasteiger partial charge < -0.3 is 10.0 Å². The van der Waals surface area contributed by atoms with Gasteiger partial charge in [0.15, 0.2) is 0 Å². The summed E-state index contributed by atoms with van der Waals surface area (Å²) in [7, 11) is 0. The monoisotopic (exact) mass is 257 g/mol. The topological polar surface area (TPSA) is 40.5 Å².